The van der Waals surface area contributed by atoms with Crippen LogP contribution in [-0.4, -0.2) is 44.5 Å². The number of carbonyl (C=O) groups excluding carboxylic acids is 3. The van der Waals surface area contributed by atoms with Crippen molar-refractivity contribution in [2.24, 2.45) is 0 Å². The van der Waals surface area contributed by atoms with E-state index in [9.17, 15) is 14.4 Å². The van der Waals surface area contributed by atoms with Gasteiger partial charge in [0.2, 0.25) is 0 Å². The third kappa shape index (κ3) is 3.10. The van der Waals surface area contributed by atoms with Gasteiger partial charge in [0.05, 0.1) is 17.2 Å². The molecular formula is C21H18N6O3. The summed E-state index contributed by atoms with van der Waals surface area (Å²) < 4.78 is 0. The third-order valence-electron chi connectivity index (χ3n) is 5.35. The molecule has 0 bridgehead atoms. The van der Waals surface area contributed by atoms with Gasteiger partial charge < -0.3 is 10.2 Å². The molecule has 3 N–H and O–H groups in total. The Bertz CT molecular complexity index is 1160. The van der Waals surface area contributed by atoms with Crippen LogP contribution in [0, 0.1) is 0 Å². The normalized spacial score (nSPS) is 17.7. The lowest BCUT2D eigenvalue weighted by molar-refractivity contribution is 0.0879. The third-order valence-corrected chi connectivity index (χ3v) is 5.35. The second-order valence-electron chi connectivity index (χ2n) is 7.24. The number of imide groups is 1. The monoisotopic (exact) mass is 402 g/mol. The van der Waals surface area contributed by atoms with Gasteiger partial charge in [0.1, 0.15) is 5.82 Å². The van der Waals surface area contributed by atoms with Crippen molar-refractivity contribution < 1.29 is 14.4 Å². The summed E-state index contributed by atoms with van der Waals surface area (Å²) in [6.07, 6.45) is 1.62. The zero-order valence-corrected chi connectivity index (χ0v) is 15.9. The number of nitrogens with one attached hydrogen (secondary N) is 3. The molecule has 2 aliphatic heterocycles. The van der Waals surface area contributed by atoms with Gasteiger partial charge in [-0.15, -0.1) is 0 Å². The Kier molecular flexibility index (Phi) is 4.27. The van der Waals surface area contributed by atoms with E-state index in [0.29, 0.717) is 29.4 Å². The first-order valence-corrected chi connectivity index (χ1v) is 9.65. The van der Waals surface area contributed by atoms with E-state index in [1.54, 1.807) is 11.0 Å². The number of aromatic nitrogens is 3. The molecule has 9 heteroatoms. The minimum Gasteiger partial charge on any atom is -0.314 e. The first-order chi connectivity index (χ1) is 14.6. The topological polar surface area (TPSA) is 120 Å². The lowest BCUT2D eigenvalue weighted by Crippen LogP contribution is -2.35. The van der Waals surface area contributed by atoms with E-state index in [4.69, 9.17) is 0 Å². The van der Waals surface area contributed by atoms with Crippen molar-refractivity contribution in [1.82, 2.24) is 25.4 Å². The molecule has 4 amide bonds. The van der Waals surface area contributed by atoms with Crippen LogP contribution in [0.5, 0.6) is 0 Å². The maximum Gasteiger partial charge on any atom is 0.322 e. The standard InChI is InChI=1S/C21H18N6O3/c28-19-14-9-8-13(11-15(14)20(29)24-19)22-21(30)27-10-4-7-16(27)18-23-17(25-26-18)12-5-2-1-3-6-12/h1-3,5-6,8-9,11,16H,4,7,10H2,(H,22,30)(H,23,25,26)(H,24,28,29). The number of carbonyl (C=O) groups is 3. The van der Waals surface area contributed by atoms with Crippen molar-refractivity contribution in [3.8, 4) is 11.4 Å². The molecule has 30 heavy (non-hydrogen) atoms. The maximum atomic E-state index is 12.9. The lowest BCUT2D eigenvalue weighted by atomic mass is 10.1. The van der Waals surface area contributed by atoms with Crippen molar-refractivity contribution in [3.63, 3.8) is 0 Å². The fourth-order valence-electron chi connectivity index (χ4n) is 3.87. The first-order valence-electron chi connectivity index (χ1n) is 9.65. The molecule has 1 fully saturated rings. The van der Waals surface area contributed by atoms with Gasteiger partial charge in [0.15, 0.2) is 5.82 Å². The molecule has 0 aliphatic carbocycles. The Balaban J connectivity index is 1.34. The highest BCUT2D eigenvalue weighted by Gasteiger charge is 2.33. The minimum atomic E-state index is -0.458. The molecule has 3 aromatic rings. The molecule has 2 aromatic carbocycles. The number of fused-ring (bicyclic) bond motifs is 1. The predicted molar refractivity (Wildman–Crippen MR) is 108 cm³/mol. The van der Waals surface area contributed by atoms with Crippen LogP contribution >= 0.6 is 0 Å². The van der Waals surface area contributed by atoms with Gasteiger partial charge >= 0.3 is 6.03 Å². The van der Waals surface area contributed by atoms with Crippen molar-refractivity contribution in [2.75, 3.05) is 11.9 Å². The Hall–Kier alpha value is -4.01. The van der Waals surface area contributed by atoms with Crippen LogP contribution in [-0.2, 0) is 0 Å². The van der Waals surface area contributed by atoms with Crippen molar-refractivity contribution in [2.45, 2.75) is 18.9 Å². The Morgan fingerprint density at radius 1 is 1.07 bits per heavy atom. The fraction of sp³-hybridized carbons (Fsp3) is 0.190. The van der Waals surface area contributed by atoms with E-state index in [0.717, 1.165) is 18.4 Å². The number of hydrogen-bond donors (Lipinski definition) is 3. The SMILES string of the molecule is O=C1NC(=O)c2cc(NC(=O)N3CCCC3c3nc(-c4ccccc4)n[nH]3)ccc21. The largest absolute Gasteiger partial charge is 0.322 e. The van der Waals surface area contributed by atoms with Gasteiger partial charge in [0.25, 0.3) is 11.8 Å². The van der Waals surface area contributed by atoms with E-state index in [-0.39, 0.29) is 17.6 Å². The fourth-order valence-corrected chi connectivity index (χ4v) is 3.87. The Morgan fingerprint density at radius 2 is 1.87 bits per heavy atom. The van der Waals surface area contributed by atoms with Crippen LogP contribution in [0.2, 0.25) is 0 Å². The van der Waals surface area contributed by atoms with Crippen molar-refractivity contribution in [3.05, 3.63) is 65.5 Å². The summed E-state index contributed by atoms with van der Waals surface area (Å²) in [5.74, 6) is 0.347. The molecular weight excluding hydrogens is 384 g/mol. The molecule has 0 spiro atoms. The number of nitrogens with zero attached hydrogens (tertiary/aromatic N) is 3. The number of urea groups is 1. The first kappa shape index (κ1) is 18.0. The summed E-state index contributed by atoms with van der Waals surface area (Å²) in [6, 6.07) is 13.8. The smallest absolute Gasteiger partial charge is 0.314 e. The van der Waals surface area contributed by atoms with Gasteiger partial charge in [-0.05, 0) is 31.0 Å². The van der Waals surface area contributed by atoms with Gasteiger partial charge in [-0.3, -0.25) is 20.0 Å². The summed E-state index contributed by atoms with van der Waals surface area (Å²) in [7, 11) is 0. The predicted octanol–water partition coefficient (Wildman–Crippen LogP) is 2.72. The average Bonchev–Trinajstić information content (AvgIpc) is 3.48. The van der Waals surface area contributed by atoms with Crippen LogP contribution in [0.4, 0.5) is 10.5 Å². The molecule has 1 unspecified atom stereocenters. The van der Waals surface area contributed by atoms with Crippen LogP contribution < -0.4 is 10.6 Å². The number of hydrogen-bond acceptors (Lipinski definition) is 5. The number of amides is 4. The molecule has 9 nitrogen and oxygen atoms in total. The van der Waals surface area contributed by atoms with Crippen LogP contribution in [0.3, 0.4) is 0 Å². The molecule has 0 saturated carbocycles. The zero-order valence-electron chi connectivity index (χ0n) is 15.9. The van der Waals surface area contributed by atoms with Crippen molar-refractivity contribution in [1.29, 1.82) is 0 Å². The van der Waals surface area contributed by atoms with Crippen LogP contribution in [0.1, 0.15) is 45.4 Å². The zero-order chi connectivity index (χ0) is 20.7. The number of likely N-dealkylation sites (tertiary alicyclic amines) is 1. The van der Waals surface area contributed by atoms with E-state index < -0.39 is 11.8 Å². The van der Waals surface area contributed by atoms with Gasteiger partial charge in [-0.25, -0.2) is 9.78 Å². The van der Waals surface area contributed by atoms with Gasteiger partial charge in [-0.2, -0.15) is 5.10 Å². The summed E-state index contributed by atoms with van der Waals surface area (Å²) in [5, 5.41) is 12.3. The summed E-state index contributed by atoms with van der Waals surface area (Å²) in [5.41, 5.74) is 1.93. The highest BCUT2D eigenvalue weighted by molar-refractivity contribution is 6.22. The highest BCUT2D eigenvalue weighted by atomic mass is 16.2. The number of anilines is 1. The Morgan fingerprint density at radius 3 is 2.70 bits per heavy atom. The van der Waals surface area contributed by atoms with Crippen LogP contribution in [0.25, 0.3) is 11.4 Å². The molecule has 5 rings (SSSR count). The summed E-state index contributed by atoms with van der Waals surface area (Å²) in [4.78, 5) is 42.7. The number of rotatable bonds is 3. The molecule has 150 valence electrons. The van der Waals surface area contributed by atoms with Crippen LogP contribution in [0.15, 0.2) is 48.5 Å². The summed E-state index contributed by atoms with van der Waals surface area (Å²) in [6.45, 7) is 0.585. The quantitative estimate of drug-likeness (QED) is 0.582. The number of H-pyrrole nitrogens is 1. The molecule has 0 radical (unpaired) electrons. The molecule has 3 heterocycles. The molecule has 1 atom stereocenters. The minimum absolute atomic E-state index is 0.214. The number of aromatic amines is 1. The number of benzene rings is 2. The highest BCUT2D eigenvalue weighted by Crippen LogP contribution is 2.31. The van der Waals surface area contributed by atoms with Gasteiger partial charge in [-0.1, -0.05) is 30.3 Å². The Labute approximate surface area is 171 Å². The van der Waals surface area contributed by atoms with E-state index in [2.05, 4.69) is 25.8 Å². The van der Waals surface area contributed by atoms with E-state index >= 15 is 0 Å². The lowest BCUT2D eigenvalue weighted by Gasteiger charge is -2.23. The second kappa shape index (κ2) is 7.11. The molecule has 1 aromatic heterocycles. The summed E-state index contributed by atoms with van der Waals surface area (Å²) >= 11 is 0. The molecule has 1 saturated heterocycles. The van der Waals surface area contributed by atoms with E-state index in [1.807, 2.05) is 30.3 Å². The average molecular weight is 402 g/mol. The second-order valence-corrected chi connectivity index (χ2v) is 7.24. The van der Waals surface area contributed by atoms with E-state index in [1.165, 1.54) is 12.1 Å². The van der Waals surface area contributed by atoms with Gasteiger partial charge in [0, 0.05) is 17.8 Å². The molecule has 2 aliphatic rings. The maximum absolute atomic E-state index is 12.9. The van der Waals surface area contributed by atoms with Crippen molar-refractivity contribution >= 4 is 23.5 Å².